The van der Waals surface area contributed by atoms with Crippen LogP contribution in [-0.4, -0.2) is 6.61 Å². The topological polar surface area (TPSA) is 9.23 Å². The fourth-order valence-electron chi connectivity index (χ4n) is 4.85. The molecule has 1 aliphatic carbocycles. The van der Waals surface area contributed by atoms with Gasteiger partial charge in [0.2, 0.25) is 0 Å². The Hall–Kier alpha value is -1.05. The van der Waals surface area contributed by atoms with Gasteiger partial charge >= 0.3 is 0 Å². The molecule has 0 saturated heterocycles. The van der Waals surface area contributed by atoms with E-state index in [1.165, 1.54) is 102 Å². The summed E-state index contributed by atoms with van der Waals surface area (Å²) in [6.45, 7) is 5.17. The Morgan fingerprint density at radius 3 is 2.00 bits per heavy atom. The van der Waals surface area contributed by atoms with Gasteiger partial charge in [-0.2, -0.15) is 0 Å². The van der Waals surface area contributed by atoms with Gasteiger partial charge in [0.15, 0.2) is 11.6 Å². The van der Waals surface area contributed by atoms with Crippen molar-refractivity contribution in [2.75, 3.05) is 6.61 Å². The van der Waals surface area contributed by atoms with E-state index in [0.717, 1.165) is 12.3 Å². The highest BCUT2D eigenvalue weighted by molar-refractivity contribution is 5.31. The molecule has 0 bridgehead atoms. The number of hydrogen-bond acceptors (Lipinski definition) is 1. The maximum atomic E-state index is 14.5. The number of halogens is 1. The fourth-order valence-corrected chi connectivity index (χ4v) is 4.85. The lowest BCUT2D eigenvalue weighted by Gasteiger charge is -2.28. The van der Waals surface area contributed by atoms with Gasteiger partial charge in [-0.05, 0) is 61.6 Å². The summed E-state index contributed by atoms with van der Waals surface area (Å²) < 4.78 is 20.2. The highest BCUT2D eigenvalue weighted by Gasteiger charge is 2.22. The Balaban J connectivity index is 1.57. The molecule has 1 fully saturated rings. The predicted octanol–water partition coefficient (Wildman–Crippen LogP) is 9.20. The molecular formula is C27H45FO. The van der Waals surface area contributed by atoms with Gasteiger partial charge in [-0.25, -0.2) is 4.39 Å². The first-order valence-corrected chi connectivity index (χ1v) is 12.7. The number of rotatable bonds is 15. The molecule has 0 radical (unpaired) electrons. The lowest BCUT2D eigenvalue weighted by molar-refractivity contribution is 0.288. The van der Waals surface area contributed by atoms with Gasteiger partial charge in [-0.1, -0.05) is 90.5 Å². The Kier molecular flexibility index (Phi) is 12.4. The summed E-state index contributed by atoms with van der Waals surface area (Å²) in [5, 5.41) is 0. The van der Waals surface area contributed by atoms with Crippen LogP contribution in [0.25, 0.3) is 0 Å². The Morgan fingerprint density at radius 2 is 1.41 bits per heavy atom. The molecule has 1 aromatic rings. The van der Waals surface area contributed by atoms with Crippen LogP contribution in [0.2, 0.25) is 0 Å². The summed E-state index contributed by atoms with van der Waals surface area (Å²) in [6, 6.07) is 5.69. The van der Waals surface area contributed by atoms with Gasteiger partial charge in [-0.3, -0.25) is 0 Å². The van der Waals surface area contributed by atoms with Crippen molar-refractivity contribution in [2.45, 2.75) is 122 Å². The van der Waals surface area contributed by atoms with Crippen LogP contribution in [0.5, 0.6) is 5.75 Å². The number of hydrogen-bond donors (Lipinski definition) is 0. The largest absolute Gasteiger partial charge is 0.491 e. The van der Waals surface area contributed by atoms with Crippen molar-refractivity contribution in [1.82, 2.24) is 0 Å². The van der Waals surface area contributed by atoms with Crippen molar-refractivity contribution in [3.05, 3.63) is 29.6 Å². The molecule has 0 amide bonds. The van der Waals surface area contributed by atoms with Gasteiger partial charge in [0.25, 0.3) is 0 Å². The first kappa shape index (κ1) is 24.2. The molecule has 2 rings (SSSR count). The van der Waals surface area contributed by atoms with Crippen molar-refractivity contribution in [2.24, 2.45) is 5.92 Å². The Bertz CT molecular complexity index is 533. The maximum Gasteiger partial charge on any atom is 0.165 e. The SMILES string of the molecule is CCCCCCCCCCCCOc1ccc(C2CCC(CCC)CC2)cc1F. The molecule has 1 aliphatic rings. The van der Waals surface area contributed by atoms with Gasteiger partial charge in [0.1, 0.15) is 0 Å². The van der Waals surface area contributed by atoms with E-state index < -0.39 is 0 Å². The summed E-state index contributed by atoms with van der Waals surface area (Å²) in [6.07, 6.45) is 20.7. The second-order valence-corrected chi connectivity index (χ2v) is 9.23. The first-order valence-electron chi connectivity index (χ1n) is 12.7. The minimum absolute atomic E-state index is 0.176. The zero-order valence-electron chi connectivity index (χ0n) is 19.2. The lowest BCUT2D eigenvalue weighted by atomic mass is 9.77. The number of ether oxygens (including phenoxy) is 1. The highest BCUT2D eigenvalue weighted by atomic mass is 19.1. The van der Waals surface area contributed by atoms with Crippen LogP contribution in [0, 0.1) is 11.7 Å². The molecule has 0 aliphatic heterocycles. The standard InChI is InChI=1S/C27H45FO/c1-3-5-6-7-8-9-10-11-12-13-21-29-27-20-19-25(22-26(27)28)24-17-15-23(14-4-2)16-18-24/h19-20,22-24H,3-18,21H2,1-2H3. The van der Waals surface area contributed by atoms with Crippen LogP contribution < -0.4 is 4.74 Å². The van der Waals surface area contributed by atoms with Crippen LogP contribution >= 0.6 is 0 Å². The molecule has 1 nitrogen and oxygen atoms in total. The molecule has 1 aromatic carbocycles. The number of unbranched alkanes of at least 4 members (excludes halogenated alkanes) is 9. The van der Waals surface area contributed by atoms with Gasteiger partial charge in [-0.15, -0.1) is 0 Å². The summed E-state index contributed by atoms with van der Waals surface area (Å²) >= 11 is 0. The van der Waals surface area contributed by atoms with E-state index in [4.69, 9.17) is 4.74 Å². The van der Waals surface area contributed by atoms with Gasteiger partial charge in [0.05, 0.1) is 6.61 Å². The first-order chi connectivity index (χ1) is 14.2. The second kappa shape index (κ2) is 14.9. The van der Waals surface area contributed by atoms with E-state index in [-0.39, 0.29) is 5.82 Å². The molecule has 0 N–H and O–H groups in total. The molecular weight excluding hydrogens is 359 g/mol. The van der Waals surface area contributed by atoms with Crippen LogP contribution in [0.1, 0.15) is 128 Å². The average Bonchev–Trinajstić information content (AvgIpc) is 2.74. The maximum absolute atomic E-state index is 14.5. The quantitative estimate of drug-likeness (QED) is 0.265. The van der Waals surface area contributed by atoms with Crippen molar-refractivity contribution in [3.8, 4) is 5.75 Å². The smallest absolute Gasteiger partial charge is 0.165 e. The molecule has 1 saturated carbocycles. The van der Waals surface area contributed by atoms with E-state index in [2.05, 4.69) is 19.9 Å². The summed E-state index contributed by atoms with van der Waals surface area (Å²) in [4.78, 5) is 0. The highest BCUT2D eigenvalue weighted by Crippen LogP contribution is 2.38. The third-order valence-electron chi connectivity index (χ3n) is 6.73. The average molecular weight is 405 g/mol. The second-order valence-electron chi connectivity index (χ2n) is 9.23. The Labute approximate surface area is 179 Å². The van der Waals surface area contributed by atoms with Crippen LogP contribution in [0.3, 0.4) is 0 Å². The molecule has 166 valence electrons. The Morgan fingerprint density at radius 1 is 0.793 bits per heavy atom. The summed E-state index contributed by atoms with van der Waals surface area (Å²) in [5.41, 5.74) is 1.17. The van der Waals surface area contributed by atoms with Crippen molar-refractivity contribution in [1.29, 1.82) is 0 Å². The molecule has 0 heterocycles. The summed E-state index contributed by atoms with van der Waals surface area (Å²) in [7, 11) is 0. The van der Waals surface area contributed by atoms with E-state index in [1.807, 2.05) is 6.07 Å². The molecule has 0 unspecified atom stereocenters. The van der Waals surface area contributed by atoms with Gasteiger partial charge in [0, 0.05) is 0 Å². The van der Waals surface area contributed by atoms with Crippen LogP contribution in [0.15, 0.2) is 18.2 Å². The zero-order chi connectivity index (χ0) is 20.7. The molecule has 0 aromatic heterocycles. The fraction of sp³-hybridized carbons (Fsp3) is 0.778. The monoisotopic (exact) mass is 404 g/mol. The van der Waals surface area contributed by atoms with Gasteiger partial charge < -0.3 is 4.74 Å². The minimum atomic E-state index is -0.176. The molecule has 0 atom stereocenters. The third-order valence-corrected chi connectivity index (χ3v) is 6.73. The molecule has 29 heavy (non-hydrogen) atoms. The van der Waals surface area contributed by atoms with E-state index in [9.17, 15) is 4.39 Å². The van der Waals surface area contributed by atoms with Crippen molar-refractivity contribution >= 4 is 0 Å². The van der Waals surface area contributed by atoms with Crippen LogP contribution in [-0.2, 0) is 0 Å². The zero-order valence-corrected chi connectivity index (χ0v) is 19.2. The molecule has 0 spiro atoms. The van der Waals surface area contributed by atoms with Crippen molar-refractivity contribution in [3.63, 3.8) is 0 Å². The normalized spacial score (nSPS) is 19.4. The lowest BCUT2D eigenvalue weighted by Crippen LogP contribution is -2.13. The summed E-state index contributed by atoms with van der Waals surface area (Å²) in [5.74, 6) is 1.69. The predicted molar refractivity (Wildman–Crippen MR) is 123 cm³/mol. The van der Waals surface area contributed by atoms with Crippen LogP contribution in [0.4, 0.5) is 4.39 Å². The van der Waals surface area contributed by atoms with Crippen molar-refractivity contribution < 1.29 is 9.13 Å². The van der Waals surface area contributed by atoms with E-state index >= 15 is 0 Å². The number of benzene rings is 1. The van der Waals surface area contributed by atoms with E-state index in [0.29, 0.717) is 18.3 Å². The molecule has 2 heteroatoms. The third kappa shape index (κ3) is 9.53. The minimum Gasteiger partial charge on any atom is -0.491 e. The van der Waals surface area contributed by atoms with E-state index in [1.54, 1.807) is 6.07 Å².